The maximum atomic E-state index is 6.17. The highest BCUT2D eigenvalue weighted by Crippen LogP contribution is 2.33. The Hall–Kier alpha value is -0.860. The molecule has 7 heteroatoms. The van der Waals surface area contributed by atoms with Gasteiger partial charge in [-0.3, -0.25) is 4.90 Å². The van der Waals surface area contributed by atoms with Crippen LogP contribution in [0.3, 0.4) is 0 Å². The van der Waals surface area contributed by atoms with Crippen molar-refractivity contribution >= 4 is 22.7 Å². The van der Waals surface area contributed by atoms with Crippen LogP contribution in [-0.4, -0.2) is 46.8 Å². The van der Waals surface area contributed by atoms with Gasteiger partial charge in [-0.15, -0.1) is 22.7 Å². The van der Waals surface area contributed by atoms with Gasteiger partial charge in [-0.25, -0.2) is 9.97 Å². The van der Waals surface area contributed by atoms with Gasteiger partial charge in [0.15, 0.2) is 0 Å². The van der Waals surface area contributed by atoms with Crippen LogP contribution in [0.25, 0.3) is 0 Å². The molecule has 2 saturated heterocycles. The van der Waals surface area contributed by atoms with Crippen LogP contribution in [0.4, 0.5) is 0 Å². The molecule has 0 saturated carbocycles. The van der Waals surface area contributed by atoms with Crippen molar-refractivity contribution in [1.82, 2.24) is 14.9 Å². The van der Waals surface area contributed by atoms with Gasteiger partial charge in [0.05, 0.1) is 43.2 Å². The lowest BCUT2D eigenvalue weighted by Gasteiger charge is -2.20. The van der Waals surface area contributed by atoms with E-state index < -0.39 is 0 Å². The number of nitrogens with zero attached hydrogens (tertiary/aromatic N) is 3. The number of hydrogen-bond donors (Lipinski definition) is 0. The number of aryl methyl sites for hydroxylation is 1. The summed E-state index contributed by atoms with van der Waals surface area (Å²) in [5.41, 5.74) is 1.04. The molecule has 0 spiro atoms. The molecule has 4 rings (SSSR count). The zero-order valence-corrected chi connectivity index (χ0v) is 14.1. The van der Waals surface area contributed by atoms with Gasteiger partial charge in [0, 0.05) is 35.5 Å². The highest BCUT2D eigenvalue weighted by molar-refractivity contribution is 7.09. The lowest BCUT2D eigenvalue weighted by atomic mass is 10.0. The molecule has 2 fully saturated rings. The van der Waals surface area contributed by atoms with Crippen LogP contribution in [0.15, 0.2) is 17.0 Å². The smallest absolute Gasteiger partial charge is 0.107 e. The first-order valence-electron chi connectivity index (χ1n) is 7.52. The van der Waals surface area contributed by atoms with Crippen molar-refractivity contribution in [3.63, 3.8) is 0 Å². The third-order valence-electron chi connectivity index (χ3n) is 4.39. The Labute approximate surface area is 137 Å². The summed E-state index contributed by atoms with van der Waals surface area (Å²) in [5.74, 6) is 0.472. The lowest BCUT2D eigenvalue weighted by molar-refractivity contribution is 0.00756. The molecule has 118 valence electrons. The van der Waals surface area contributed by atoms with E-state index in [1.54, 1.807) is 22.7 Å². The zero-order valence-electron chi connectivity index (χ0n) is 12.5. The van der Waals surface area contributed by atoms with Crippen molar-refractivity contribution in [2.45, 2.75) is 32.2 Å². The molecule has 0 bridgehead atoms. The van der Waals surface area contributed by atoms with Gasteiger partial charge in [-0.1, -0.05) is 0 Å². The van der Waals surface area contributed by atoms with E-state index in [2.05, 4.69) is 20.2 Å². The summed E-state index contributed by atoms with van der Waals surface area (Å²) in [5, 5.41) is 6.38. The molecule has 22 heavy (non-hydrogen) atoms. The number of aromatic nitrogens is 2. The number of fused-ring (bicyclic) bond motifs is 1. The third kappa shape index (κ3) is 2.96. The monoisotopic (exact) mass is 337 g/mol. The molecule has 0 unspecified atom stereocenters. The Balaban J connectivity index is 1.40. The second kappa shape index (κ2) is 6.33. The minimum absolute atomic E-state index is 0.231. The third-order valence-corrected chi connectivity index (χ3v) is 5.97. The van der Waals surface area contributed by atoms with E-state index >= 15 is 0 Å². The first kappa shape index (κ1) is 14.7. The summed E-state index contributed by atoms with van der Waals surface area (Å²) in [6.45, 7) is 6.11. The van der Waals surface area contributed by atoms with E-state index in [0.29, 0.717) is 18.6 Å². The summed E-state index contributed by atoms with van der Waals surface area (Å²) in [4.78, 5) is 11.3. The Morgan fingerprint density at radius 2 is 2.36 bits per heavy atom. The molecule has 0 aliphatic carbocycles. The van der Waals surface area contributed by atoms with E-state index in [-0.39, 0.29) is 6.10 Å². The number of ether oxygens (including phenoxy) is 2. The minimum atomic E-state index is 0.231. The van der Waals surface area contributed by atoms with Crippen molar-refractivity contribution in [3.8, 4) is 0 Å². The summed E-state index contributed by atoms with van der Waals surface area (Å²) in [6, 6.07) is 0.464. The quantitative estimate of drug-likeness (QED) is 0.838. The molecule has 2 aliphatic rings. The highest BCUT2D eigenvalue weighted by atomic mass is 32.1. The molecule has 0 aromatic carbocycles. The van der Waals surface area contributed by atoms with E-state index in [1.807, 2.05) is 18.5 Å². The number of thiazole rings is 2. The van der Waals surface area contributed by atoms with Gasteiger partial charge in [0.25, 0.3) is 0 Å². The molecule has 2 aromatic rings. The van der Waals surface area contributed by atoms with E-state index in [9.17, 15) is 0 Å². The summed E-state index contributed by atoms with van der Waals surface area (Å²) in [6.07, 6.45) is 2.10. The summed E-state index contributed by atoms with van der Waals surface area (Å²) < 4.78 is 11.9. The fourth-order valence-corrected chi connectivity index (χ4v) is 4.56. The molecule has 0 radical (unpaired) electrons. The van der Waals surface area contributed by atoms with Gasteiger partial charge in [-0.2, -0.15) is 0 Å². The van der Waals surface area contributed by atoms with Crippen molar-refractivity contribution < 1.29 is 9.47 Å². The second-order valence-corrected chi connectivity index (χ2v) is 7.87. The molecule has 0 N–H and O–H groups in total. The van der Waals surface area contributed by atoms with E-state index in [4.69, 9.17) is 9.47 Å². The normalized spacial score (nSPS) is 28.3. The van der Waals surface area contributed by atoms with Crippen LogP contribution in [0, 0.1) is 12.8 Å². The highest BCUT2D eigenvalue weighted by Gasteiger charge is 2.46. The molecule has 0 amide bonds. The molecule has 4 heterocycles. The zero-order chi connectivity index (χ0) is 14.9. The minimum Gasteiger partial charge on any atom is -0.379 e. The molecule has 2 aromatic heterocycles. The maximum Gasteiger partial charge on any atom is 0.107 e. The summed E-state index contributed by atoms with van der Waals surface area (Å²) >= 11 is 3.39. The van der Waals surface area contributed by atoms with Crippen LogP contribution in [0.1, 0.15) is 15.7 Å². The maximum absolute atomic E-state index is 6.17. The standard InChI is InChI=1S/C15H19N3O2S2/c1-10-17-11(9-22-10)6-20-14-4-18(5-15-16-2-3-21-15)13-8-19-7-12(13)14/h2-3,9,12-14H,4-8H2,1H3/t12-,13+,14+/m0/s1. The molecular weight excluding hydrogens is 318 g/mol. The van der Waals surface area contributed by atoms with Gasteiger partial charge < -0.3 is 9.47 Å². The topological polar surface area (TPSA) is 47.5 Å². The van der Waals surface area contributed by atoms with Crippen molar-refractivity contribution in [2.24, 2.45) is 5.92 Å². The van der Waals surface area contributed by atoms with E-state index in [1.165, 1.54) is 5.01 Å². The number of likely N-dealkylation sites (tertiary alicyclic amines) is 1. The lowest BCUT2D eigenvalue weighted by Crippen LogP contribution is -2.32. The Kier molecular flexibility index (Phi) is 4.23. The predicted molar refractivity (Wildman–Crippen MR) is 86.0 cm³/mol. The largest absolute Gasteiger partial charge is 0.379 e. The van der Waals surface area contributed by atoms with Gasteiger partial charge in [-0.05, 0) is 6.92 Å². The first-order valence-corrected chi connectivity index (χ1v) is 9.28. The Bertz CT molecular complexity index is 616. The van der Waals surface area contributed by atoms with Gasteiger partial charge >= 0.3 is 0 Å². The fourth-order valence-electron chi connectivity index (χ4n) is 3.32. The Morgan fingerprint density at radius 3 is 3.14 bits per heavy atom. The first-order chi connectivity index (χ1) is 10.8. The van der Waals surface area contributed by atoms with Gasteiger partial charge in [0.2, 0.25) is 0 Å². The predicted octanol–water partition coefficient (Wildman–Crippen LogP) is 2.32. The molecular formula is C15H19N3O2S2. The van der Waals surface area contributed by atoms with Crippen molar-refractivity contribution in [3.05, 3.63) is 32.7 Å². The molecule has 2 aliphatic heterocycles. The van der Waals surface area contributed by atoms with Crippen molar-refractivity contribution in [1.29, 1.82) is 0 Å². The van der Waals surface area contributed by atoms with Crippen LogP contribution < -0.4 is 0 Å². The summed E-state index contributed by atoms with van der Waals surface area (Å²) in [7, 11) is 0. The molecule has 3 atom stereocenters. The second-order valence-electron chi connectivity index (χ2n) is 5.83. The van der Waals surface area contributed by atoms with Crippen LogP contribution in [0.2, 0.25) is 0 Å². The average molecular weight is 337 g/mol. The number of hydrogen-bond acceptors (Lipinski definition) is 7. The fraction of sp³-hybridized carbons (Fsp3) is 0.600. The van der Waals surface area contributed by atoms with Gasteiger partial charge in [0.1, 0.15) is 5.01 Å². The van der Waals surface area contributed by atoms with Crippen LogP contribution in [-0.2, 0) is 22.6 Å². The SMILES string of the molecule is Cc1nc(CO[C@@H]2CN(Cc3nccs3)[C@@H]3COC[C@@H]32)cs1. The average Bonchev–Trinajstić information content (AvgIpc) is 3.24. The van der Waals surface area contributed by atoms with Crippen LogP contribution >= 0.6 is 22.7 Å². The Morgan fingerprint density at radius 1 is 1.41 bits per heavy atom. The van der Waals surface area contributed by atoms with Crippen molar-refractivity contribution in [2.75, 3.05) is 19.8 Å². The van der Waals surface area contributed by atoms with Crippen LogP contribution in [0.5, 0.6) is 0 Å². The molecule has 5 nitrogen and oxygen atoms in total. The van der Waals surface area contributed by atoms with E-state index in [0.717, 1.165) is 37.0 Å². The number of rotatable bonds is 5.